The maximum absolute atomic E-state index is 12.0. The lowest BCUT2D eigenvalue weighted by molar-refractivity contribution is -0.117. The number of benzene rings is 2. The average molecular weight is 439 g/mol. The van der Waals surface area contributed by atoms with Gasteiger partial charge in [0.05, 0.1) is 13.2 Å². The number of hydrogen-bond acceptors (Lipinski definition) is 4. The maximum Gasteiger partial charge on any atom is 0.227 e. The van der Waals surface area contributed by atoms with Crippen LogP contribution in [0.2, 0.25) is 0 Å². The molecule has 0 aliphatic carbocycles. The molecule has 1 amide bonds. The van der Waals surface area contributed by atoms with Crippen molar-refractivity contribution in [1.82, 2.24) is 10.2 Å². The first kappa shape index (κ1) is 21.7. The Labute approximate surface area is 189 Å². The summed E-state index contributed by atoms with van der Waals surface area (Å²) in [4.78, 5) is 16.3. The number of thiocarbonyl (C=S) groups is 1. The third-order valence-corrected chi connectivity index (χ3v) is 6.12. The molecule has 0 unspecified atom stereocenters. The van der Waals surface area contributed by atoms with Gasteiger partial charge in [-0.25, -0.2) is 0 Å². The Bertz CT molecular complexity index is 943. The highest BCUT2D eigenvalue weighted by molar-refractivity contribution is 7.80. The van der Waals surface area contributed by atoms with Crippen molar-refractivity contribution in [3.63, 3.8) is 0 Å². The largest absolute Gasteiger partial charge is 0.379 e. The molecule has 6 nitrogen and oxygen atoms in total. The Morgan fingerprint density at radius 1 is 1.10 bits per heavy atom. The number of rotatable bonds is 6. The third-order valence-electron chi connectivity index (χ3n) is 5.87. The number of nitrogens with one attached hydrogen (secondary N) is 2. The zero-order chi connectivity index (χ0) is 21.6. The summed E-state index contributed by atoms with van der Waals surface area (Å²) in [6.07, 6.45) is 1.57. The molecule has 0 bridgehead atoms. The van der Waals surface area contributed by atoms with Crippen molar-refractivity contribution in [2.75, 3.05) is 43.1 Å². The topological polar surface area (TPSA) is 56.8 Å². The first-order valence-corrected chi connectivity index (χ1v) is 11.3. The van der Waals surface area contributed by atoms with Crippen molar-refractivity contribution in [3.05, 3.63) is 59.2 Å². The lowest BCUT2D eigenvalue weighted by atomic mass is 10.1. The molecule has 7 heteroatoms. The van der Waals surface area contributed by atoms with E-state index < -0.39 is 0 Å². The van der Waals surface area contributed by atoms with E-state index in [0.29, 0.717) is 18.1 Å². The van der Waals surface area contributed by atoms with Gasteiger partial charge in [-0.3, -0.25) is 9.69 Å². The Balaban J connectivity index is 1.33. The first-order chi connectivity index (χ1) is 15.1. The van der Waals surface area contributed by atoms with E-state index in [-0.39, 0.29) is 5.91 Å². The Morgan fingerprint density at radius 3 is 2.58 bits per heavy atom. The molecule has 2 fully saturated rings. The third kappa shape index (κ3) is 5.61. The summed E-state index contributed by atoms with van der Waals surface area (Å²) >= 11 is 5.53. The van der Waals surface area contributed by atoms with Crippen LogP contribution in [-0.4, -0.2) is 48.8 Å². The first-order valence-electron chi connectivity index (χ1n) is 10.9. The van der Waals surface area contributed by atoms with Gasteiger partial charge in [-0.2, -0.15) is 0 Å². The van der Waals surface area contributed by atoms with Crippen molar-refractivity contribution in [2.45, 2.75) is 32.9 Å². The minimum atomic E-state index is 0.205. The van der Waals surface area contributed by atoms with Gasteiger partial charge >= 0.3 is 0 Å². The standard InChI is InChI=1S/C24H30N4O2S/c1-18-15-21(8-9-22(18)28-10-4-7-23(28)29)26-24(31)25-16-19-5-2-3-6-20(19)17-27-11-13-30-14-12-27/h2-3,5-6,8-9,15H,4,7,10-14,16-17H2,1H3,(H2,25,26,31). The minimum absolute atomic E-state index is 0.205. The highest BCUT2D eigenvalue weighted by Gasteiger charge is 2.23. The number of carbonyl (C=O) groups is 1. The Kier molecular flexibility index (Phi) is 7.17. The van der Waals surface area contributed by atoms with E-state index in [0.717, 1.165) is 62.8 Å². The van der Waals surface area contributed by atoms with Crippen molar-refractivity contribution in [1.29, 1.82) is 0 Å². The number of anilines is 2. The quantitative estimate of drug-likeness (QED) is 0.674. The number of amides is 1. The fourth-order valence-corrected chi connectivity index (χ4v) is 4.36. The van der Waals surface area contributed by atoms with E-state index in [1.165, 1.54) is 11.1 Å². The molecule has 2 aliphatic rings. The lowest BCUT2D eigenvalue weighted by Crippen LogP contribution is -2.36. The predicted molar refractivity (Wildman–Crippen MR) is 128 cm³/mol. The molecule has 0 atom stereocenters. The molecular weight excluding hydrogens is 408 g/mol. The number of ether oxygens (including phenoxy) is 1. The van der Waals surface area contributed by atoms with Gasteiger partial charge in [0, 0.05) is 50.5 Å². The van der Waals surface area contributed by atoms with Gasteiger partial charge < -0.3 is 20.3 Å². The fourth-order valence-electron chi connectivity index (χ4n) is 4.17. The average Bonchev–Trinajstić information content (AvgIpc) is 3.19. The normalized spacial score (nSPS) is 17.1. The molecular formula is C24H30N4O2S. The molecule has 2 aliphatic heterocycles. The van der Waals surface area contributed by atoms with Gasteiger partial charge in [-0.05, 0) is 60.5 Å². The Hall–Kier alpha value is -2.48. The molecule has 0 spiro atoms. The van der Waals surface area contributed by atoms with Crippen LogP contribution >= 0.6 is 12.2 Å². The molecule has 0 saturated carbocycles. The molecule has 2 saturated heterocycles. The summed E-state index contributed by atoms with van der Waals surface area (Å²) in [6.45, 7) is 7.99. The number of morpholine rings is 1. The molecule has 2 aromatic carbocycles. The molecule has 0 aromatic heterocycles. The number of aryl methyl sites for hydroxylation is 1. The van der Waals surface area contributed by atoms with Crippen molar-refractivity contribution < 1.29 is 9.53 Å². The summed E-state index contributed by atoms with van der Waals surface area (Å²) in [7, 11) is 0. The Morgan fingerprint density at radius 2 is 1.87 bits per heavy atom. The van der Waals surface area contributed by atoms with Crippen molar-refractivity contribution >= 4 is 34.6 Å². The number of carbonyl (C=O) groups excluding carboxylic acids is 1. The zero-order valence-corrected chi connectivity index (χ0v) is 18.8. The van der Waals surface area contributed by atoms with E-state index in [2.05, 4.69) is 39.8 Å². The zero-order valence-electron chi connectivity index (χ0n) is 18.0. The van der Waals surface area contributed by atoms with Gasteiger partial charge in [0.25, 0.3) is 0 Å². The van der Waals surface area contributed by atoms with Crippen LogP contribution < -0.4 is 15.5 Å². The van der Waals surface area contributed by atoms with Crippen LogP contribution in [0.4, 0.5) is 11.4 Å². The summed E-state index contributed by atoms with van der Waals surface area (Å²) < 4.78 is 5.45. The number of nitrogens with zero attached hydrogens (tertiary/aromatic N) is 2. The van der Waals surface area contributed by atoms with E-state index >= 15 is 0 Å². The second-order valence-electron chi connectivity index (χ2n) is 8.12. The van der Waals surface area contributed by atoms with Crippen molar-refractivity contribution in [3.8, 4) is 0 Å². The molecule has 2 N–H and O–H groups in total. The van der Waals surface area contributed by atoms with E-state index in [9.17, 15) is 4.79 Å². The monoisotopic (exact) mass is 438 g/mol. The second-order valence-corrected chi connectivity index (χ2v) is 8.52. The molecule has 164 valence electrons. The van der Waals surface area contributed by atoms with Gasteiger partial charge in [0.1, 0.15) is 0 Å². The van der Waals surface area contributed by atoms with Crippen LogP contribution in [0.15, 0.2) is 42.5 Å². The summed E-state index contributed by atoms with van der Waals surface area (Å²) in [5.41, 5.74) is 5.54. The second kappa shape index (κ2) is 10.2. The molecule has 0 radical (unpaired) electrons. The van der Waals surface area contributed by atoms with Crippen LogP contribution in [0.5, 0.6) is 0 Å². The van der Waals surface area contributed by atoms with E-state index in [1.807, 2.05) is 30.0 Å². The lowest BCUT2D eigenvalue weighted by Gasteiger charge is -2.27. The smallest absolute Gasteiger partial charge is 0.227 e. The highest BCUT2D eigenvalue weighted by Crippen LogP contribution is 2.27. The maximum atomic E-state index is 12.0. The molecule has 2 heterocycles. The SMILES string of the molecule is Cc1cc(NC(=S)NCc2ccccc2CN2CCOCC2)ccc1N1CCCC1=O. The minimum Gasteiger partial charge on any atom is -0.379 e. The number of hydrogen-bond donors (Lipinski definition) is 2. The molecule has 31 heavy (non-hydrogen) atoms. The summed E-state index contributed by atoms with van der Waals surface area (Å²) in [5.74, 6) is 0.205. The van der Waals surface area contributed by atoms with Crippen LogP contribution in [0, 0.1) is 6.92 Å². The van der Waals surface area contributed by atoms with Crippen LogP contribution in [-0.2, 0) is 22.6 Å². The predicted octanol–water partition coefficient (Wildman–Crippen LogP) is 3.44. The summed E-state index contributed by atoms with van der Waals surface area (Å²) in [6, 6.07) is 14.5. The van der Waals surface area contributed by atoms with Crippen LogP contribution in [0.25, 0.3) is 0 Å². The molecule has 2 aromatic rings. The van der Waals surface area contributed by atoms with Gasteiger partial charge in [0.15, 0.2) is 5.11 Å². The molecule has 4 rings (SSSR count). The van der Waals surface area contributed by atoms with Crippen LogP contribution in [0.3, 0.4) is 0 Å². The van der Waals surface area contributed by atoms with Crippen molar-refractivity contribution in [2.24, 2.45) is 0 Å². The van der Waals surface area contributed by atoms with Gasteiger partial charge in [-0.1, -0.05) is 24.3 Å². The van der Waals surface area contributed by atoms with Gasteiger partial charge in [-0.15, -0.1) is 0 Å². The van der Waals surface area contributed by atoms with E-state index in [4.69, 9.17) is 17.0 Å². The van der Waals surface area contributed by atoms with E-state index in [1.54, 1.807) is 0 Å². The van der Waals surface area contributed by atoms with Gasteiger partial charge in [0.2, 0.25) is 5.91 Å². The highest BCUT2D eigenvalue weighted by atomic mass is 32.1. The fraction of sp³-hybridized carbons (Fsp3) is 0.417. The summed E-state index contributed by atoms with van der Waals surface area (Å²) in [5, 5.41) is 7.20. The van der Waals surface area contributed by atoms with Crippen LogP contribution in [0.1, 0.15) is 29.5 Å².